The summed E-state index contributed by atoms with van der Waals surface area (Å²) in [5.41, 5.74) is 0.945. The highest BCUT2D eigenvalue weighted by atomic mass is 16.5. The molecule has 1 aromatic rings. The Morgan fingerprint density at radius 3 is 2.37 bits per heavy atom. The van der Waals surface area contributed by atoms with E-state index in [4.69, 9.17) is 4.52 Å². The number of hydrogen-bond acceptors (Lipinski definition) is 3. The Balaban J connectivity index is 1.55. The van der Waals surface area contributed by atoms with Gasteiger partial charge < -0.3 is 9.42 Å². The summed E-state index contributed by atoms with van der Waals surface area (Å²) in [6.07, 6.45) is 10.5. The Labute approximate surface area is 164 Å². The normalized spacial score (nSPS) is 31.6. The Bertz CT molecular complexity index is 666. The molecule has 1 heterocycles. The molecule has 1 amide bonds. The van der Waals surface area contributed by atoms with Crippen LogP contribution in [0.1, 0.15) is 108 Å². The molecule has 3 atom stereocenters. The van der Waals surface area contributed by atoms with Crippen LogP contribution >= 0.6 is 0 Å². The third-order valence-electron chi connectivity index (χ3n) is 7.63. The second kappa shape index (κ2) is 7.25. The molecule has 1 aromatic heterocycles. The predicted molar refractivity (Wildman–Crippen MR) is 107 cm³/mol. The van der Waals surface area contributed by atoms with E-state index in [0.717, 1.165) is 37.4 Å². The summed E-state index contributed by atoms with van der Waals surface area (Å²) in [7, 11) is 0. The zero-order chi connectivity index (χ0) is 19.2. The van der Waals surface area contributed by atoms with Crippen LogP contribution in [-0.4, -0.2) is 28.0 Å². The maximum Gasteiger partial charge on any atom is 0.276 e. The average molecular weight is 373 g/mol. The van der Waals surface area contributed by atoms with Crippen molar-refractivity contribution < 1.29 is 9.32 Å². The monoisotopic (exact) mass is 372 g/mol. The summed E-state index contributed by atoms with van der Waals surface area (Å²) in [6, 6.07) is 2.64. The van der Waals surface area contributed by atoms with Gasteiger partial charge in [-0.25, -0.2) is 0 Å². The van der Waals surface area contributed by atoms with Crippen LogP contribution in [0.25, 0.3) is 0 Å². The topological polar surface area (TPSA) is 46.3 Å². The number of nitrogens with zero attached hydrogens (tertiary/aromatic N) is 2. The number of amides is 1. The molecular weight excluding hydrogens is 336 g/mol. The van der Waals surface area contributed by atoms with Gasteiger partial charge in [-0.2, -0.15) is 0 Å². The first-order valence-electron chi connectivity index (χ1n) is 11.1. The fourth-order valence-electron chi connectivity index (χ4n) is 5.15. The molecule has 0 spiro atoms. The highest BCUT2D eigenvalue weighted by molar-refractivity contribution is 5.92. The Kier molecular flexibility index (Phi) is 5.11. The van der Waals surface area contributed by atoms with Gasteiger partial charge in [-0.3, -0.25) is 4.79 Å². The van der Waals surface area contributed by atoms with Gasteiger partial charge in [0.25, 0.3) is 5.91 Å². The molecule has 0 radical (unpaired) electrons. The van der Waals surface area contributed by atoms with Crippen LogP contribution < -0.4 is 0 Å². The number of carbonyl (C=O) groups excluding carboxylic acids is 1. The van der Waals surface area contributed by atoms with Gasteiger partial charge in [0.05, 0.1) is 0 Å². The van der Waals surface area contributed by atoms with Crippen molar-refractivity contribution in [2.24, 2.45) is 17.3 Å². The van der Waals surface area contributed by atoms with E-state index in [1.165, 1.54) is 32.1 Å². The number of hydrogen-bond donors (Lipinski definition) is 0. The van der Waals surface area contributed by atoms with Crippen LogP contribution in [-0.2, 0) is 0 Å². The SMILES string of the molecule is C[C@@H]1CCC(N(C(=O)c2cc(C3CC3)on2)C2CCC(C)(C)CC2)C[C@@H]1C. The minimum Gasteiger partial charge on any atom is -0.360 e. The van der Waals surface area contributed by atoms with E-state index in [2.05, 4.69) is 37.8 Å². The predicted octanol–water partition coefficient (Wildman–Crippen LogP) is 5.79. The van der Waals surface area contributed by atoms with Crippen molar-refractivity contribution >= 4 is 5.91 Å². The average Bonchev–Trinajstić information content (AvgIpc) is 3.36. The lowest BCUT2D eigenvalue weighted by atomic mass is 9.73. The Morgan fingerprint density at radius 2 is 1.74 bits per heavy atom. The van der Waals surface area contributed by atoms with Crippen LogP contribution in [0.4, 0.5) is 0 Å². The lowest BCUT2D eigenvalue weighted by molar-refractivity contribution is 0.0262. The summed E-state index contributed by atoms with van der Waals surface area (Å²) in [6.45, 7) is 9.43. The van der Waals surface area contributed by atoms with Crippen molar-refractivity contribution in [2.75, 3.05) is 0 Å². The molecule has 0 aromatic carbocycles. The molecule has 4 heteroatoms. The molecule has 0 bridgehead atoms. The van der Waals surface area contributed by atoms with Gasteiger partial charge in [-0.15, -0.1) is 0 Å². The fraction of sp³-hybridized carbons (Fsp3) is 0.826. The van der Waals surface area contributed by atoms with Crippen molar-refractivity contribution in [1.82, 2.24) is 10.1 Å². The molecular formula is C23H36N2O2. The summed E-state index contributed by atoms with van der Waals surface area (Å²) >= 11 is 0. The minimum absolute atomic E-state index is 0.113. The third kappa shape index (κ3) is 4.09. The van der Waals surface area contributed by atoms with Crippen molar-refractivity contribution in [3.05, 3.63) is 17.5 Å². The van der Waals surface area contributed by atoms with E-state index >= 15 is 0 Å². The standard InChI is InChI=1S/C23H36N2O2/c1-15-5-8-19(13-16(15)2)25(18-9-11-23(3,4)12-10-18)22(26)20-14-21(27-24-20)17-6-7-17/h14-19H,5-13H2,1-4H3/t15-,16+,19?/m1/s1. The van der Waals surface area contributed by atoms with Gasteiger partial charge in [0.2, 0.25) is 0 Å². The van der Waals surface area contributed by atoms with E-state index in [9.17, 15) is 4.79 Å². The van der Waals surface area contributed by atoms with Crippen LogP contribution in [0.2, 0.25) is 0 Å². The van der Waals surface area contributed by atoms with Crippen LogP contribution in [0.15, 0.2) is 10.6 Å². The molecule has 3 fully saturated rings. The third-order valence-corrected chi connectivity index (χ3v) is 7.63. The molecule has 1 unspecified atom stereocenters. The van der Waals surface area contributed by atoms with Gasteiger partial charge >= 0.3 is 0 Å². The first kappa shape index (κ1) is 19.0. The molecule has 0 N–H and O–H groups in total. The highest BCUT2D eigenvalue weighted by Crippen LogP contribution is 2.42. The molecule has 4 nitrogen and oxygen atoms in total. The molecule has 3 aliphatic carbocycles. The maximum atomic E-state index is 13.6. The van der Waals surface area contributed by atoms with E-state index in [0.29, 0.717) is 35.0 Å². The Hall–Kier alpha value is -1.32. The number of aromatic nitrogens is 1. The van der Waals surface area contributed by atoms with Gasteiger partial charge in [0.15, 0.2) is 5.69 Å². The lowest BCUT2D eigenvalue weighted by Crippen LogP contribution is -2.51. The molecule has 4 rings (SSSR count). The van der Waals surface area contributed by atoms with Crippen molar-refractivity contribution in [2.45, 2.75) is 103 Å². The first-order valence-corrected chi connectivity index (χ1v) is 11.1. The van der Waals surface area contributed by atoms with Gasteiger partial charge in [0.1, 0.15) is 5.76 Å². The highest BCUT2D eigenvalue weighted by Gasteiger charge is 2.40. The summed E-state index contributed by atoms with van der Waals surface area (Å²) in [5, 5.41) is 4.18. The quantitative estimate of drug-likeness (QED) is 0.672. The second-order valence-corrected chi connectivity index (χ2v) is 10.4. The zero-order valence-electron chi connectivity index (χ0n) is 17.5. The zero-order valence-corrected chi connectivity index (χ0v) is 17.5. The van der Waals surface area contributed by atoms with Gasteiger partial charge in [-0.1, -0.05) is 32.9 Å². The van der Waals surface area contributed by atoms with E-state index < -0.39 is 0 Å². The number of carbonyl (C=O) groups is 1. The van der Waals surface area contributed by atoms with Gasteiger partial charge in [-0.05, 0) is 75.0 Å². The van der Waals surface area contributed by atoms with Gasteiger partial charge in [0, 0.05) is 24.1 Å². The fourth-order valence-corrected chi connectivity index (χ4v) is 5.15. The van der Waals surface area contributed by atoms with E-state index in [1.54, 1.807) is 0 Å². The van der Waals surface area contributed by atoms with Crippen LogP contribution in [0, 0.1) is 17.3 Å². The lowest BCUT2D eigenvalue weighted by Gasteiger charge is -2.46. The van der Waals surface area contributed by atoms with Crippen molar-refractivity contribution in [3.63, 3.8) is 0 Å². The largest absolute Gasteiger partial charge is 0.360 e. The van der Waals surface area contributed by atoms with E-state index in [-0.39, 0.29) is 5.91 Å². The molecule has 3 aliphatic rings. The molecule has 150 valence electrons. The molecule has 3 saturated carbocycles. The summed E-state index contributed by atoms with van der Waals surface area (Å²) in [4.78, 5) is 15.8. The van der Waals surface area contributed by atoms with Crippen LogP contribution in [0.3, 0.4) is 0 Å². The van der Waals surface area contributed by atoms with Crippen molar-refractivity contribution in [3.8, 4) is 0 Å². The smallest absolute Gasteiger partial charge is 0.276 e. The minimum atomic E-state index is 0.113. The first-order chi connectivity index (χ1) is 12.8. The number of rotatable bonds is 4. The molecule has 27 heavy (non-hydrogen) atoms. The van der Waals surface area contributed by atoms with Crippen LogP contribution in [0.5, 0.6) is 0 Å². The molecule has 0 aliphatic heterocycles. The second-order valence-electron chi connectivity index (χ2n) is 10.4. The maximum absolute atomic E-state index is 13.6. The van der Waals surface area contributed by atoms with Crippen molar-refractivity contribution in [1.29, 1.82) is 0 Å². The molecule has 0 saturated heterocycles. The summed E-state index contributed by atoms with van der Waals surface area (Å²) in [5.74, 6) is 2.96. The summed E-state index contributed by atoms with van der Waals surface area (Å²) < 4.78 is 5.51. The van der Waals surface area contributed by atoms with E-state index in [1.807, 2.05) is 6.07 Å². The Morgan fingerprint density at radius 1 is 1.04 bits per heavy atom.